The van der Waals surface area contributed by atoms with Crippen LogP contribution in [-0.4, -0.2) is 35.0 Å². The normalized spacial score (nSPS) is 11.6. The molecule has 0 aliphatic carbocycles. The topological polar surface area (TPSA) is 85.2 Å². The summed E-state index contributed by atoms with van der Waals surface area (Å²) in [4.78, 5) is 29.1. The van der Waals surface area contributed by atoms with Gasteiger partial charge in [0.05, 0.1) is 7.11 Å². The van der Waals surface area contributed by atoms with Gasteiger partial charge in [-0.25, -0.2) is 4.98 Å². The smallest absolute Gasteiger partial charge is 0.251 e. The minimum absolute atomic E-state index is 0.135. The molecule has 0 saturated carbocycles. The van der Waals surface area contributed by atoms with Gasteiger partial charge in [0.25, 0.3) is 5.91 Å². The van der Waals surface area contributed by atoms with E-state index < -0.39 is 6.04 Å². The van der Waals surface area contributed by atoms with Gasteiger partial charge >= 0.3 is 0 Å². The van der Waals surface area contributed by atoms with Gasteiger partial charge in [-0.2, -0.15) is 0 Å². The molecule has 1 atom stereocenters. The highest BCUT2D eigenvalue weighted by Gasteiger charge is 2.21. The zero-order valence-corrected chi connectivity index (χ0v) is 17.5. The van der Waals surface area contributed by atoms with Gasteiger partial charge in [-0.15, -0.1) is 0 Å². The van der Waals surface area contributed by atoms with Crippen LogP contribution in [0.2, 0.25) is 5.02 Å². The van der Waals surface area contributed by atoms with Crippen molar-refractivity contribution in [3.63, 3.8) is 0 Å². The van der Waals surface area contributed by atoms with Crippen LogP contribution in [0.5, 0.6) is 5.75 Å². The van der Waals surface area contributed by atoms with Crippen molar-refractivity contribution in [2.24, 2.45) is 7.05 Å². The van der Waals surface area contributed by atoms with Crippen LogP contribution in [-0.2, 0) is 11.8 Å². The summed E-state index contributed by atoms with van der Waals surface area (Å²) in [6.07, 6.45) is 3.64. The number of aromatic nitrogens is 2. The van der Waals surface area contributed by atoms with E-state index in [1.54, 1.807) is 37.6 Å². The van der Waals surface area contributed by atoms with Gasteiger partial charge in [0.1, 0.15) is 17.6 Å². The van der Waals surface area contributed by atoms with E-state index in [0.29, 0.717) is 16.4 Å². The number of halogens is 1. The lowest BCUT2D eigenvalue weighted by Gasteiger charge is -2.19. The maximum atomic E-state index is 12.6. The summed E-state index contributed by atoms with van der Waals surface area (Å²) in [6.45, 7) is 0.211. The average molecular weight is 427 g/mol. The molecule has 1 heterocycles. The first-order chi connectivity index (χ1) is 14.5. The first kappa shape index (κ1) is 21.4. The molecule has 30 heavy (non-hydrogen) atoms. The molecule has 0 radical (unpaired) electrons. The van der Waals surface area contributed by atoms with Crippen molar-refractivity contribution >= 4 is 23.4 Å². The molecule has 8 heteroatoms. The average Bonchev–Trinajstić information content (AvgIpc) is 3.18. The summed E-state index contributed by atoms with van der Waals surface area (Å²) in [7, 11) is 3.47. The maximum absolute atomic E-state index is 12.6. The van der Waals surface area contributed by atoms with Crippen molar-refractivity contribution in [3.05, 3.63) is 82.9 Å². The van der Waals surface area contributed by atoms with Crippen LogP contribution in [0.1, 0.15) is 34.2 Å². The molecule has 2 aromatic carbocycles. The first-order valence-corrected chi connectivity index (χ1v) is 9.80. The van der Waals surface area contributed by atoms with Gasteiger partial charge in [-0.3, -0.25) is 9.59 Å². The van der Waals surface area contributed by atoms with Crippen molar-refractivity contribution < 1.29 is 14.3 Å². The van der Waals surface area contributed by atoms with E-state index in [1.807, 2.05) is 42.1 Å². The third kappa shape index (κ3) is 5.39. The summed E-state index contributed by atoms with van der Waals surface area (Å²) >= 11 is 5.83. The van der Waals surface area contributed by atoms with Gasteiger partial charge in [-0.05, 0) is 42.0 Å². The number of aryl methyl sites for hydroxylation is 1. The van der Waals surface area contributed by atoms with Crippen LogP contribution < -0.4 is 15.4 Å². The van der Waals surface area contributed by atoms with Crippen molar-refractivity contribution in [1.29, 1.82) is 0 Å². The molecular formula is C22H23ClN4O3. The van der Waals surface area contributed by atoms with Crippen molar-refractivity contribution in [3.8, 4) is 5.75 Å². The van der Waals surface area contributed by atoms with Gasteiger partial charge in [-0.1, -0.05) is 23.7 Å². The van der Waals surface area contributed by atoms with E-state index in [4.69, 9.17) is 16.3 Å². The van der Waals surface area contributed by atoms with Crippen molar-refractivity contribution in [2.45, 2.75) is 12.5 Å². The van der Waals surface area contributed by atoms with E-state index in [-0.39, 0.29) is 24.8 Å². The Balaban J connectivity index is 1.62. The Morgan fingerprint density at radius 2 is 1.83 bits per heavy atom. The standard InChI is InChI=1S/C22H23ClN4O3/c1-27-14-13-24-21(27)20(15-5-9-18(30-2)10-6-15)26-19(28)11-12-25-22(29)16-3-7-17(23)8-4-16/h3-10,13-14,20H,11-12H2,1-2H3,(H,25,29)(H,26,28). The van der Waals surface area contributed by atoms with E-state index in [2.05, 4.69) is 15.6 Å². The number of carbonyl (C=O) groups is 2. The highest BCUT2D eigenvalue weighted by molar-refractivity contribution is 6.30. The molecule has 0 aliphatic heterocycles. The molecule has 1 unspecified atom stereocenters. The number of ether oxygens (including phenoxy) is 1. The second-order valence-electron chi connectivity index (χ2n) is 6.68. The Bertz CT molecular complexity index is 1000. The minimum Gasteiger partial charge on any atom is -0.497 e. The predicted molar refractivity (Wildman–Crippen MR) is 115 cm³/mol. The molecule has 0 aliphatic rings. The van der Waals surface area contributed by atoms with Crippen LogP contribution >= 0.6 is 11.6 Å². The summed E-state index contributed by atoms with van der Waals surface area (Å²) in [5.74, 6) is 0.984. The molecule has 1 aromatic heterocycles. The van der Waals surface area contributed by atoms with Crippen LogP contribution in [0.4, 0.5) is 0 Å². The molecule has 3 rings (SSSR count). The zero-order valence-electron chi connectivity index (χ0n) is 16.8. The minimum atomic E-state index is -0.421. The Morgan fingerprint density at radius 1 is 1.13 bits per heavy atom. The fraction of sp³-hybridized carbons (Fsp3) is 0.227. The van der Waals surface area contributed by atoms with Gasteiger partial charge in [0, 0.05) is 43.0 Å². The number of rotatable bonds is 8. The lowest BCUT2D eigenvalue weighted by atomic mass is 10.1. The summed E-state index contributed by atoms with van der Waals surface area (Å²) in [5, 5.41) is 6.31. The fourth-order valence-corrected chi connectivity index (χ4v) is 3.10. The van der Waals surface area contributed by atoms with Crippen LogP contribution in [0.25, 0.3) is 0 Å². The number of hydrogen-bond acceptors (Lipinski definition) is 4. The highest BCUT2D eigenvalue weighted by atomic mass is 35.5. The summed E-state index contributed by atoms with van der Waals surface area (Å²) in [6, 6.07) is 13.6. The number of imidazole rings is 1. The fourth-order valence-electron chi connectivity index (χ4n) is 2.97. The molecule has 7 nitrogen and oxygen atoms in total. The van der Waals surface area contributed by atoms with Gasteiger partial charge in [0.15, 0.2) is 0 Å². The van der Waals surface area contributed by atoms with Gasteiger partial charge in [0.2, 0.25) is 5.91 Å². The summed E-state index contributed by atoms with van der Waals surface area (Å²) < 4.78 is 7.07. The molecule has 0 spiro atoms. The third-order valence-corrected chi connectivity index (χ3v) is 4.87. The van der Waals surface area contributed by atoms with E-state index in [1.165, 1.54) is 0 Å². The number of carbonyl (C=O) groups excluding carboxylic acids is 2. The largest absolute Gasteiger partial charge is 0.497 e. The van der Waals surface area contributed by atoms with E-state index >= 15 is 0 Å². The van der Waals surface area contributed by atoms with E-state index in [9.17, 15) is 9.59 Å². The molecule has 2 amide bonds. The second-order valence-corrected chi connectivity index (χ2v) is 7.12. The lowest BCUT2D eigenvalue weighted by Crippen LogP contribution is -2.34. The number of nitrogens with zero attached hydrogens (tertiary/aromatic N) is 2. The predicted octanol–water partition coefficient (Wildman–Crippen LogP) is 3.11. The third-order valence-electron chi connectivity index (χ3n) is 4.62. The van der Waals surface area contributed by atoms with Crippen molar-refractivity contribution in [2.75, 3.05) is 13.7 Å². The second kappa shape index (κ2) is 9.93. The monoisotopic (exact) mass is 426 g/mol. The SMILES string of the molecule is COc1ccc(C(NC(=O)CCNC(=O)c2ccc(Cl)cc2)c2nccn2C)cc1. The molecule has 0 fully saturated rings. The number of amides is 2. The Labute approximate surface area is 180 Å². The van der Waals surface area contributed by atoms with Crippen LogP contribution in [0.15, 0.2) is 60.9 Å². The number of benzene rings is 2. The number of nitrogens with one attached hydrogen (secondary N) is 2. The highest BCUT2D eigenvalue weighted by Crippen LogP contribution is 2.23. The molecule has 3 aromatic rings. The Kier molecular flexibility index (Phi) is 7.08. The quantitative estimate of drug-likeness (QED) is 0.579. The van der Waals surface area contributed by atoms with Gasteiger partial charge < -0.3 is 19.9 Å². The molecule has 0 saturated heterocycles. The molecule has 156 valence electrons. The Morgan fingerprint density at radius 3 is 2.43 bits per heavy atom. The van der Waals surface area contributed by atoms with Crippen molar-refractivity contribution in [1.82, 2.24) is 20.2 Å². The Hall–Kier alpha value is -3.32. The van der Waals surface area contributed by atoms with E-state index in [0.717, 1.165) is 11.3 Å². The lowest BCUT2D eigenvalue weighted by molar-refractivity contribution is -0.121. The zero-order chi connectivity index (χ0) is 21.5. The number of hydrogen-bond donors (Lipinski definition) is 2. The molecular weight excluding hydrogens is 404 g/mol. The number of methoxy groups -OCH3 is 1. The van der Waals surface area contributed by atoms with Crippen LogP contribution in [0.3, 0.4) is 0 Å². The van der Waals surface area contributed by atoms with Crippen LogP contribution in [0, 0.1) is 0 Å². The summed E-state index contributed by atoms with van der Waals surface area (Å²) in [5.41, 5.74) is 1.37. The molecule has 2 N–H and O–H groups in total. The maximum Gasteiger partial charge on any atom is 0.251 e. The first-order valence-electron chi connectivity index (χ1n) is 9.42. The molecule has 0 bridgehead atoms.